The third-order valence-corrected chi connectivity index (χ3v) is 6.59. The van der Waals surface area contributed by atoms with Crippen LogP contribution in [0.25, 0.3) is 27.5 Å². The molecule has 4 aromatic rings. The Balaban J connectivity index is 1.86. The van der Waals surface area contributed by atoms with Crippen molar-refractivity contribution in [3.05, 3.63) is 66.2 Å². The van der Waals surface area contributed by atoms with Gasteiger partial charge in [0.25, 0.3) is 0 Å². The smallest absolute Gasteiger partial charge is 0.119 e. The molecule has 174 valence electrons. The number of fused-ring (bicyclic) bond motifs is 3. The second-order valence-corrected chi connectivity index (χ2v) is 11.4. The van der Waals surface area contributed by atoms with Gasteiger partial charge in [-0.05, 0) is 77.3 Å². The second-order valence-electron chi connectivity index (χ2n) is 11.4. The summed E-state index contributed by atoms with van der Waals surface area (Å²) in [4.78, 5) is 0. The van der Waals surface area contributed by atoms with Crippen LogP contribution >= 0.6 is 0 Å². The van der Waals surface area contributed by atoms with Gasteiger partial charge in [0.05, 0.1) is 25.3 Å². The number of benzene rings is 3. The van der Waals surface area contributed by atoms with E-state index < -0.39 is 0 Å². The maximum atomic E-state index is 5.52. The molecule has 0 aliphatic carbocycles. The molecule has 0 bridgehead atoms. The minimum Gasteiger partial charge on any atom is -0.497 e. The van der Waals surface area contributed by atoms with Crippen LogP contribution in [0.4, 0.5) is 0 Å². The van der Waals surface area contributed by atoms with Crippen LogP contribution in [0.2, 0.25) is 0 Å². The van der Waals surface area contributed by atoms with Crippen LogP contribution in [0.1, 0.15) is 59.4 Å². The summed E-state index contributed by atoms with van der Waals surface area (Å²) >= 11 is 0. The first-order valence-electron chi connectivity index (χ1n) is 11.8. The molecule has 3 aromatic carbocycles. The van der Waals surface area contributed by atoms with Gasteiger partial charge in [-0.1, -0.05) is 53.7 Å². The molecule has 1 aromatic heterocycles. The SMILES string of the molecule is COc1ccc2c(c1)c1cc(OC)ccc1n2-c1ccc(C(CC(C)(C)C)C(C)(C)C)cc1. The van der Waals surface area contributed by atoms with Crippen molar-refractivity contribution in [2.45, 2.75) is 53.9 Å². The summed E-state index contributed by atoms with van der Waals surface area (Å²) in [6, 6.07) is 21.8. The van der Waals surface area contributed by atoms with Gasteiger partial charge in [0.15, 0.2) is 0 Å². The van der Waals surface area contributed by atoms with E-state index in [1.807, 2.05) is 12.1 Å². The molecular formula is C30H37NO2. The maximum Gasteiger partial charge on any atom is 0.119 e. The Kier molecular flexibility index (Phi) is 5.94. The minimum atomic E-state index is 0.203. The van der Waals surface area contributed by atoms with Crippen molar-refractivity contribution in [3.63, 3.8) is 0 Å². The normalized spacial score (nSPS) is 13.5. The standard InChI is InChI=1S/C30H37NO2/c1-29(2,3)19-26(30(4,5)6)20-9-11-21(12-10-20)31-27-15-13-22(32-7)17-24(27)25-18-23(33-8)14-16-28(25)31/h9-18,26H,19H2,1-8H3. The molecule has 33 heavy (non-hydrogen) atoms. The van der Waals surface area contributed by atoms with E-state index in [1.54, 1.807) is 14.2 Å². The summed E-state index contributed by atoms with van der Waals surface area (Å²) in [5.41, 5.74) is 5.38. The Morgan fingerprint density at radius 3 is 1.58 bits per heavy atom. The lowest BCUT2D eigenvalue weighted by molar-refractivity contribution is 0.229. The van der Waals surface area contributed by atoms with Crippen molar-refractivity contribution in [2.75, 3.05) is 14.2 Å². The molecular weight excluding hydrogens is 406 g/mol. The van der Waals surface area contributed by atoms with Gasteiger partial charge >= 0.3 is 0 Å². The van der Waals surface area contributed by atoms with Gasteiger partial charge in [-0.15, -0.1) is 0 Å². The van der Waals surface area contributed by atoms with Gasteiger partial charge in [0.2, 0.25) is 0 Å². The fourth-order valence-electron chi connectivity index (χ4n) is 4.91. The molecule has 0 saturated carbocycles. The van der Waals surface area contributed by atoms with Gasteiger partial charge < -0.3 is 14.0 Å². The third kappa shape index (κ3) is 4.59. The molecule has 1 atom stereocenters. The highest BCUT2D eigenvalue weighted by molar-refractivity contribution is 6.10. The number of rotatable bonds is 5. The monoisotopic (exact) mass is 443 g/mol. The number of methoxy groups -OCH3 is 2. The van der Waals surface area contributed by atoms with E-state index in [2.05, 4.69) is 94.6 Å². The highest BCUT2D eigenvalue weighted by atomic mass is 16.5. The maximum absolute atomic E-state index is 5.52. The molecule has 3 heteroatoms. The van der Waals surface area contributed by atoms with Crippen LogP contribution in [-0.2, 0) is 0 Å². The Bertz CT molecular complexity index is 1210. The van der Waals surface area contributed by atoms with Gasteiger partial charge in [-0.2, -0.15) is 0 Å². The predicted octanol–water partition coefficient (Wildman–Crippen LogP) is 8.37. The molecule has 0 amide bonds. The summed E-state index contributed by atoms with van der Waals surface area (Å²) in [6.45, 7) is 14.1. The van der Waals surface area contributed by atoms with Crippen molar-refractivity contribution in [2.24, 2.45) is 10.8 Å². The van der Waals surface area contributed by atoms with E-state index in [0.29, 0.717) is 5.92 Å². The summed E-state index contributed by atoms with van der Waals surface area (Å²) in [5.74, 6) is 2.21. The topological polar surface area (TPSA) is 23.4 Å². The van der Waals surface area contributed by atoms with Crippen LogP contribution in [0.5, 0.6) is 11.5 Å². The van der Waals surface area contributed by atoms with Crippen LogP contribution in [-0.4, -0.2) is 18.8 Å². The number of hydrogen-bond acceptors (Lipinski definition) is 2. The first kappa shape index (κ1) is 23.2. The minimum absolute atomic E-state index is 0.203. The molecule has 1 heterocycles. The van der Waals surface area contributed by atoms with Crippen molar-refractivity contribution >= 4 is 21.8 Å². The van der Waals surface area contributed by atoms with E-state index in [9.17, 15) is 0 Å². The lowest BCUT2D eigenvalue weighted by Crippen LogP contribution is -2.23. The highest BCUT2D eigenvalue weighted by Crippen LogP contribution is 2.43. The molecule has 0 aliphatic rings. The average molecular weight is 444 g/mol. The van der Waals surface area contributed by atoms with Gasteiger partial charge in [0.1, 0.15) is 11.5 Å². The van der Waals surface area contributed by atoms with E-state index >= 15 is 0 Å². The number of nitrogens with zero attached hydrogens (tertiary/aromatic N) is 1. The number of aromatic nitrogens is 1. The second kappa shape index (κ2) is 8.44. The van der Waals surface area contributed by atoms with E-state index in [1.165, 1.54) is 5.56 Å². The quantitative estimate of drug-likeness (QED) is 0.309. The van der Waals surface area contributed by atoms with Crippen molar-refractivity contribution < 1.29 is 9.47 Å². The molecule has 0 saturated heterocycles. The first-order valence-corrected chi connectivity index (χ1v) is 11.8. The Labute approximate surface area is 198 Å². The zero-order valence-corrected chi connectivity index (χ0v) is 21.3. The summed E-state index contributed by atoms with van der Waals surface area (Å²) in [5, 5.41) is 2.32. The van der Waals surface area contributed by atoms with Crippen molar-refractivity contribution in [3.8, 4) is 17.2 Å². The van der Waals surface area contributed by atoms with Crippen molar-refractivity contribution in [1.82, 2.24) is 4.57 Å². The molecule has 0 aliphatic heterocycles. The molecule has 0 fully saturated rings. The van der Waals surface area contributed by atoms with Crippen molar-refractivity contribution in [1.29, 1.82) is 0 Å². The zero-order chi connectivity index (χ0) is 24.0. The summed E-state index contributed by atoms with van der Waals surface area (Å²) in [6.07, 6.45) is 1.16. The highest BCUT2D eigenvalue weighted by Gasteiger charge is 2.30. The molecule has 0 radical (unpaired) electrons. The van der Waals surface area contributed by atoms with E-state index in [0.717, 1.165) is 45.4 Å². The zero-order valence-electron chi connectivity index (χ0n) is 21.3. The van der Waals surface area contributed by atoms with E-state index in [-0.39, 0.29) is 10.8 Å². The van der Waals surface area contributed by atoms with E-state index in [4.69, 9.17) is 9.47 Å². The lowest BCUT2D eigenvalue weighted by atomic mass is 9.69. The Morgan fingerprint density at radius 2 is 1.18 bits per heavy atom. The largest absolute Gasteiger partial charge is 0.497 e. The summed E-state index contributed by atoms with van der Waals surface area (Å²) < 4.78 is 13.4. The van der Waals surface area contributed by atoms with Gasteiger partial charge in [-0.3, -0.25) is 0 Å². The fraction of sp³-hybridized carbons (Fsp3) is 0.400. The van der Waals surface area contributed by atoms with Gasteiger partial charge in [-0.25, -0.2) is 0 Å². The average Bonchev–Trinajstić information content (AvgIpc) is 3.09. The Hall–Kier alpha value is -2.94. The third-order valence-electron chi connectivity index (χ3n) is 6.59. The molecule has 4 rings (SSSR count). The van der Waals surface area contributed by atoms with Crippen LogP contribution < -0.4 is 9.47 Å². The van der Waals surface area contributed by atoms with Crippen LogP contribution in [0.3, 0.4) is 0 Å². The first-order chi connectivity index (χ1) is 15.5. The summed E-state index contributed by atoms with van der Waals surface area (Å²) in [7, 11) is 3.42. The predicted molar refractivity (Wildman–Crippen MR) is 140 cm³/mol. The molecule has 0 spiro atoms. The molecule has 0 N–H and O–H groups in total. The lowest BCUT2D eigenvalue weighted by Gasteiger charge is -2.36. The van der Waals surface area contributed by atoms with Crippen LogP contribution in [0, 0.1) is 10.8 Å². The van der Waals surface area contributed by atoms with Crippen LogP contribution in [0.15, 0.2) is 60.7 Å². The number of hydrogen-bond donors (Lipinski definition) is 0. The fourth-order valence-corrected chi connectivity index (χ4v) is 4.91. The van der Waals surface area contributed by atoms with Gasteiger partial charge in [0, 0.05) is 16.5 Å². The molecule has 3 nitrogen and oxygen atoms in total. The number of ether oxygens (including phenoxy) is 2. The Morgan fingerprint density at radius 1 is 0.697 bits per heavy atom. The molecule has 1 unspecified atom stereocenters.